The Kier molecular flexibility index (Phi) is 5.32. The monoisotopic (exact) mass is 256 g/mol. The topological polar surface area (TPSA) is 74.6 Å². The van der Waals surface area contributed by atoms with Crippen molar-refractivity contribution in [2.75, 3.05) is 6.61 Å². The highest BCUT2D eigenvalue weighted by molar-refractivity contribution is 5.99. The molecule has 1 aliphatic carbocycles. The molecular weight excluding hydrogens is 232 g/mol. The van der Waals surface area contributed by atoms with Crippen molar-refractivity contribution in [3.8, 4) is 0 Å². The number of rotatable bonds is 5. The molecule has 2 N–H and O–H groups in total. The molecule has 0 bridgehead atoms. The zero-order chi connectivity index (χ0) is 13.9. The van der Waals surface area contributed by atoms with Crippen molar-refractivity contribution < 1.29 is 19.8 Å². The summed E-state index contributed by atoms with van der Waals surface area (Å²) in [6.45, 7) is 5.59. The smallest absolute Gasteiger partial charge is 0.314 e. The minimum Gasteiger partial charge on any atom is -0.481 e. The molecule has 18 heavy (non-hydrogen) atoms. The Labute approximate surface area is 108 Å². The summed E-state index contributed by atoms with van der Waals surface area (Å²) in [6.07, 6.45) is 2.84. The molecule has 0 aliphatic heterocycles. The Balaban J connectivity index is 2.97. The van der Waals surface area contributed by atoms with Crippen molar-refractivity contribution in [2.45, 2.75) is 40.0 Å². The van der Waals surface area contributed by atoms with Crippen LogP contribution in [-0.4, -0.2) is 28.6 Å². The van der Waals surface area contributed by atoms with Gasteiger partial charge in [0.15, 0.2) is 5.78 Å². The van der Waals surface area contributed by atoms with Crippen LogP contribution in [0.4, 0.5) is 0 Å². The highest BCUT2D eigenvalue weighted by Crippen LogP contribution is 2.42. The molecule has 1 fully saturated rings. The second-order valence-corrected chi connectivity index (χ2v) is 5.93. The van der Waals surface area contributed by atoms with E-state index in [9.17, 15) is 14.7 Å². The maximum absolute atomic E-state index is 11.7. The van der Waals surface area contributed by atoms with Crippen LogP contribution in [0.5, 0.6) is 0 Å². The van der Waals surface area contributed by atoms with E-state index in [0.717, 1.165) is 19.3 Å². The molecular formula is C14H24O4. The predicted molar refractivity (Wildman–Crippen MR) is 68.1 cm³/mol. The van der Waals surface area contributed by atoms with Gasteiger partial charge in [0, 0.05) is 0 Å². The van der Waals surface area contributed by atoms with Gasteiger partial charge in [-0.15, -0.1) is 0 Å². The van der Waals surface area contributed by atoms with E-state index in [4.69, 9.17) is 5.11 Å². The molecule has 0 aromatic carbocycles. The van der Waals surface area contributed by atoms with Crippen LogP contribution in [0.15, 0.2) is 0 Å². The van der Waals surface area contributed by atoms with E-state index >= 15 is 0 Å². The zero-order valence-corrected chi connectivity index (χ0v) is 11.4. The Morgan fingerprint density at radius 3 is 2.28 bits per heavy atom. The molecule has 0 saturated heterocycles. The fourth-order valence-corrected chi connectivity index (χ4v) is 3.32. The first kappa shape index (κ1) is 15.2. The third kappa shape index (κ3) is 3.31. The molecule has 1 saturated carbocycles. The molecule has 0 aromatic heterocycles. The first-order chi connectivity index (χ1) is 8.38. The number of carbonyl (C=O) groups is 2. The molecule has 4 nitrogen and oxygen atoms in total. The first-order valence-corrected chi connectivity index (χ1v) is 6.74. The molecule has 1 aliphatic rings. The third-order valence-electron chi connectivity index (χ3n) is 4.27. The highest BCUT2D eigenvalue weighted by Gasteiger charge is 2.42. The van der Waals surface area contributed by atoms with Gasteiger partial charge in [-0.2, -0.15) is 0 Å². The van der Waals surface area contributed by atoms with Crippen LogP contribution >= 0.6 is 0 Å². The Bertz CT molecular complexity index is 311. The van der Waals surface area contributed by atoms with Gasteiger partial charge in [0.25, 0.3) is 0 Å². The summed E-state index contributed by atoms with van der Waals surface area (Å²) >= 11 is 0. The molecule has 104 valence electrons. The summed E-state index contributed by atoms with van der Waals surface area (Å²) in [5, 5.41) is 18.2. The van der Waals surface area contributed by atoms with E-state index in [1.54, 1.807) is 0 Å². The maximum Gasteiger partial charge on any atom is 0.314 e. The highest BCUT2D eigenvalue weighted by atomic mass is 16.4. The van der Waals surface area contributed by atoms with Gasteiger partial charge >= 0.3 is 5.97 Å². The summed E-state index contributed by atoms with van der Waals surface area (Å²) in [5.74, 6) is -1.71. The summed E-state index contributed by atoms with van der Waals surface area (Å²) in [7, 11) is 0. The van der Waals surface area contributed by atoms with Crippen molar-refractivity contribution in [1.82, 2.24) is 0 Å². The lowest BCUT2D eigenvalue weighted by molar-refractivity contribution is -0.152. The molecule has 0 heterocycles. The van der Waals surface area contributed by atoms with E-state index in [1.165, 1.54) is 0 Å². The summed E-state index contributed by atoms with van der Waals surface area (Å²) in [5.41, 5.74) is 0. The Hall–Kier alpha value is -0.900. The number of hydrogen-bond acceptors (Lipinski definition) is 3. The fourth-order valence-electron chi connectivity index (χ4n) is 3.32. The van der Waals surface area contributed by atoms with Crippen LogP contribution in [0.25, 0.3) is 0 Å². The number of aliphatic carboxylic acids is 1. The van der Waals surface area contributed by atoms with Crippen molar-refractivity contribution in [3.63, 3.8) is 0 Å². The van der Waals surface area contributed by atoms with E-state index in [2.05, 4.69) is 20.8 Å². The third-order valence-corrected chi connectivity index (χ3v) is 4.27. The van der Waals surface area contributed by atoms with Crippen LogP contribution in [-0.2, 0) is 9.59 Å². The average molecular weight is 256 g/mol. The molecule has 4 atom stereocenters. The lowest BCUT2D eigenvalue weighted by Crippen LogP contribution is -2.41. The van der Waals surface area contributed by atoms with Gasteiger partial charge in [0.05, 0.1) is 0 Å². The number of aliphatic hydroxyl groups excluding tert-OH is 1. The number of ketones is 1. The normalized spacial score (nSPS) is 30.2. The zero-order valence-electron chi connectivity index (χ0n) is 11.4. The van der Waals surface area contributed by atoms with Crippen LogP contribution in [0.2, 0.25) is 0 Å². The summed E-state index contributed by atoms with van der Waals surface area (Å²) in [4.78, 5) is 23.0. The van der Waals surface area contributed by atoms with E-state index in [1.807, 2.05) is 0 Å². The number of carbonyl (C=O) groups excluding carboxylic acids is 1. The number of aliphatic hydroxyl groups is 1. The van der Waals surface area contributed by atoms with Gasteiger partial charge in [-0.1, -0.05) is 27.2 Å². The lowest BCUT2D eigenvalue weighted by Gasteiger charge is -2.39. The number of Topliss-reactive ketones (excluding diaryl/α,β-unsaturated/α-hetero) is 1. The molecule has 4 unspecified atom stereocenters. The van der Waals surface area contributed by atoms with Crippen LogP contribution in [0.3, 0.4) is 0 Å². The van der Waals surface area contributed by atoms with Crippen molar-refractivity contribution in [1.29, 1.82) is 0 Å². The van der Waals surface area contributed by atoms with E-state index in [0.29, 0.717) is 11.8 Å². The Morgan fingerprint density at radius 2 is 1.83 bits per heavy atom. The van der Waals surface area contributed by atoms with Gasteiger partial charge in [-0.05, 0) is 36.5 Å². The van der Waals surface area contributed by atoms with Gasteiger partial charge in [-0.25, -0.2) is 0 Å². The summed E-state index contributed by atoms with van der Waals surface area (Å²) < 4.78 is 0. The van der Waals surface area contributed by atoms with Crippen LogP contribution in [0.1, 0.15) is 40.0 Å². The van der Waals surface area contributed by atoms with Crippen molar-refractivity contribution in [3.05, 3.63) is 0 Å². The predicted octanol–water partition coefficient (Wildman–Crippen LogP) is 1.96. The molecule has 0 aromatic rings. The van der Waals surface area contributed by atoms with Crippen LogP contribution < -0.4 is 0 Å². The standard InChI is InChI=1S/C14H24O4/c1-8(2)10-5-4-9(3)6-11(10)13(14(17)18)12(16)7-15/h8-11,13,15H,4-7H2,1-3H3,(H,17,18). The number of carboxylic acids is 1. The lowest BCUT2D eigenvalue weighted by atomic mass is 9.64. The number of hydrogen-bond donors (Lipinski definition) is 2. The van der Waals surface area contributed by atoms with Gasteiger partial charge in [-0.3, -0.25) is 9.59 Å². The minimum atomic E-state index is -1.08. The quantitative estimate of drug-likeness (QED) is 0.737. The maximum atomic E-state index is 11.7. The molecule has 1 rings (SSSR count). The SMILES string of the molecule is CC1CCC(C(C)C)C(C(C(=O)O)C(=O)CO)C1. The minimum absolute atomic E-state index is 0.133. The van der Waals surface area contributed by atoms with Gasteiger partial charge < -0.3 is 10.2 Å². The second kappa shape index (κ2) is 6.32. The van der Waals surface area contributed by atoms with Crippen molar-refractivity contribution in [2.24, 2.45) is 29.6 Å². The second-order valence-electron chi connectivity index (χ2n) is 5.93. The molecule has 0 radical (unpaired) electrons. The van der Waals surface area contributed by atoms with Gasteiger partial charge in [0.2, 0.25) is 0 Å². The van der Waals surface area contributed by atoms with E-state index < -0.39 is 24.3 Å². The Morgan fingerprint density at radius 1 is 1.22 bits per heavy atom. The van der Waals surface area contributed by atoms with Gasteiger partial charge in [0.1, 0.15) is 12.5 Å². The molecule has 0 amide bonds. The van der Waals surface area contributed by atoms with Crippen LogP contribution in [0, 0.1) is 29.6 Å². The van der Waals surface area contributed by atoms with E-state index in [-0.39, 0.29) is 11.8 Å². The fraction of sp³-hybridized carbons (Fsp3) is 0.857. The summed E-state index contributed by atoms with van der Waals surface area (Å²) in [6, 6.07) is 0. The first-order valence-electron chi connectivity index (χ1n) is 6.74. The molecule has 4 heteroatoms. The molecule has 0 spiro atoms. The largest absolute Gasteiger partial charge is 0.481 e. The number of carboxylic acid groups (broad SMARTS) is 1. The van der Waals surface area contributed by atoms with Crippen molar-refractivity contribution >= 4 is 11.8 Å². The average Bonchev–Trinajstić information content (AvgIpc) is 2.28.